The molecule has 168 valence electrons. The Labute approximate surface area is 188 Å². The first-order valence-electron chi connectivity index (χ1n) is 11.3. The molecule has 3 heterocycles. The minimum atomic E-state index is -0.228. The van der Waals surface area contributed by atoms with Crippen LogP contribution >= 0.6 is 0 Å². The summed E-state index contributed by atoms with van der Waals surface area (Å²) in [5, 5.41) is 2.91. The van der Waals surface area contributed by atoms with E-state index in [0.717, 1.165) is 31.2 Å². The van der Waals surface area contributed by atoms with Crippen LogP contribution in [0.5, 0.6) is 0 Å². The van der Waals surface area contributed by atoms with Crippen molar-refractivity contribution in [2.24, 2.45) is 0 Å². The molecule has 1 aromatic carbocycles. The number of nitrogens with zero attached hydrogens (tertiary/aromatic N) is 4. The minimum Gasteiger partial charge on any atom is -0.348 e. The summed E-state index contributed by atoms with van der Waals surface area (Å²) in [6.45, 7) is 3.62. The summed E-state index contributed by atoms with van der Waals surface area (Å²) in [4.78, 5) is 50.1. The zero-order valence-corrected chi connectivity index (χ0v) is 18.4. The van der Waals surface area contributed by atoms with E-state index in [1.807, 2.05) is 30.3 Å². The molecule has 4 rings (SSSR count). The predicted molar refractivity (Wildman–Crippen MR) is 119 cm³/mol. The third-order valence-corrected chi connectivity index (χ3v) is 6.16. The second-order valence-corrected chi connectivity index (χ2v) is 8.41. The highest BCUT2D eigenvalue weighted by Crippen LogP contribution is 2.29. The molecular weight excluding hydrogens is 406 g/mol. The number of carbonyl (C=O) groups excluding carboxylic acids is 3. The first-order valence-corrected chi connectivity index (χ1v) is 11.3. The third kappa shape index (κ3) is 4.95. The summed E-state index contributed by atoms with van der Waals surface area (Å²) < 4.78 is 0. The van der Waals surface area contributed by atoms with Crippen LogP contribution in [0.1, 0.15) is 65.6 Å². The Morgan fingerprint density at radius 2 is 1.94 bits per heavy atom. The maximum absolute atomic E-state index is 13.0. The van der Waals surface area contributed by atoms with Gasteiger partial charge < -0.3 is 15.1 Å². The Kier molecular flexibility index (Phi) is 6.78. The highest BCUT2D eigenvalue weighted by atomic mass is 16.2. The number of benzene rings is 1. The van der Waals surface area contributed by atoms with Crippen LogP contribution < -0.4 is 5.32 Å². The fraction of sp³-hybridized carbons (Fsp3) is 0.458. The van der Waals surface area contributed by atoms with Gasteiger partial charge in [-0.15, -0.1) is 0 Å². The number of piperidine rings is 1. The zero-order chi connectivity index (χ0) is 22.5. The van der Waals surface area contributed by atoms with Crippen LogP contribution in [0.15, 0.2) is 36.5 Å². The van der Waals surface area contributed by atoms with E-state index in [1.54, 1.807) is 22.9 Å². The molecule has 32 heavy (non-hydrogen) atoms. The van der Waals surface area contributed by atoms with Crippen LogP contribution in [-0.2, 0) is 16.1 Å². The molecule has 2 aromatic rings. The first-order chi connectivity index (χ1) is 15.5. The van der Waals surface area contributed by atoms with E-state index in [-0.39, 0.29) is 30.3 Å². The zero-order valence-electron chi connectivity index (χ0n) is 18.4. The van der Waals surface area contributed by atoms with Crippen molar-refractivity contribution in [2.75, 3.05) is 19.6 Å². The van der Waals surface area contributed by atoms with Gasteiger partial charge in [0.25, 0.3) is 5.91 Å². The fourth-order valence-electron chi connectivity index (χ4n) is 4.37. The number of rotatable bonds is 6. The highest BCUT2D eigenvalue weighted by Gasteiger charge is 2.33. The van der Waals surface area contributed by atoms with Gasteiger partial charge in [0.15, 0.2) is 5.82 Å². The Hall–Kier alpha value is -3.29. The summed E-state index contributed by atoms with van der Waals surface area (Å²) in [6.07, 6.45) is 5.57. The lowest BCUT2D eigenvalue weighted by atomic mass is 10.0. The standard InChI is InChI=1S/C24H29N5O3/c1-17-19(24(32)26-14-18-8-3-2-4-9-18)15-25-23(27-17)20-10-5-6-13-29(20)22(31)16-28-12-7-11-21(28)30/h2-4,8-9,15,20H,5-7,10-14,16H2,1H3,(H,26,32)/t20-/m1/s1. The molecule has 0 radical (unpaired) electrons. The Morgan fingerprint density at radius 1 is 1.12 bits per heavy atom. The van der Waals surface area contributed by atoms with E-state index in [2.05, 4.69) is 15.3 Å². The van der Waals surface area contributed by atoms with Crippen molar-refractivity contribution in [3.05, 3.63) is 59.2 Å². The van der Waals surface area contributed by atoms with Gasteiger partial charge in [-0.3, -0.25) is 14.4 Å². The Bertz CT molecular complexity index is 994. The summed E-state index contributed by atoms with van der Waals surface area (Å²) in [7, 11) is 0. The van der Waals surface area contributed by atoms with E-state index in [4.69, 9.17) is 0 Å². The molecule has 2 aliphatic rings. The van der Waals surface area contributed by atoms with Crippen molar-refractivity contribution in [3.63, 3.8) is 0 Å². The molecular formula is C24H29N5O3. The number of aryl methyl sites for hydroxylation is 1. The van der Waals surface area contributed by atoms with Crippen LogP contribution in [0.4, 0.5) is 0 Å². The smallest absolute Gasteiger partial charge is 0.254 e. The lowest BCUT2D eigenvalue weighted by molar-refractivity contribution is -0.141. The van der Waals surface area contributed by atoms with Crippen molar-refractivity contribution in [2.45, 2.75) is 51.6 Å². The molecule has 0 spiro atoms. The summed E-state index contributed by atoms with van der Waals surface area (Å²) >= 11 is 0. The number of amides is 3. The monoisotopic (exact) mass is 435 g/mol. The predicted octanol–water partition coefficient (Wildman–Crippen LogP) is 2.39. The molecule has 0 saturated carbocycles. The maximum atomic E-state index is 13.0. The van der Waals surface area contributed by atoms with Gasteiger partial charge in [-0.25, -0.2) is 9.97 Å². The van der Waals surface area contributed by atoms with E-state index in [1.165, 1.54) is 0 Å². The Balaban J connectivity index is 1.44. The molecule has 0 aliphatic carbocycles. The van der Waals surface area contributed by atoms with Gasteiger partial charge in [0.1, 0.15) is 0 Å². The number of hydrogen-bond acceptors (Lipinski definition) is 5. The number of aromatic nitrogens is 2. The number of likely N-dealkylation sites (tertiary alicyclic amines) is 2. The molecule has 8 nitrogen and oxygen atoms in total. The maximum Gasteiger partial charge on any atom is 0.254 e. The molecule has 0 bridgehead atoms. The minimum absolute atomic E-state index is 0.0462. The lowest BCUT2D eigenvalue weighted by Crippen LogP contribution is -2.45. The fourth-order valence-corrected chi connectivity index (χ4v) is 4.37. The first kappa shape index (κ1) is 21.9. The average molecular weight is 436 g/mol. The summed E-state index contributed by atoms with van der Waals surface area (Å²) in [5.41, 5.74) is 2.04. The van der Waals surface area contributed by atoms with Gasteiger partial charge in [-0.2, -0.15) is 0 Å². The van der Waals surface area contributed by atoms with Gasteiger partial charge in [0, 0.05) is 32.3 Å². The van der Waals surface area contributed by atoms with Crippen LogP contribution in [0.3, 0.4) is 0 Å². The molecule has 2 saturated heterocycles. The molecule has 2 aliphatic heterocycles. The lowest BCUT2D eigenvalue weighted by Gasteiger charge is -2.35. The van der Waals surface area contributed by atoms with Crippen LogP contribution in [0.2, 0.25) is 0 Å². The van der Waals surface area contributed by atoms with Crippen molar-refractivity contribution in [1.82, 2.24) is 25.1 Å². The third-order valence-electron chi connectivity index (χ3n) is 6.16. The average Bonchev–Trinajstić information content (AvgIpc) is 3.22. The Morgan fingerprint density at radius 3 is 2.66 bits per heavy atom. The number of carbonyl (C=O) groups is 3. The molecule has 2 fully saturated rings. The molecule has 1 aromatic heterocycles. The van der Waals surface area contributed by atoms with Gasteiger partial charge in [0.05, 0.1) is 23.8 Å². The molecule has 0 unspecified atom stereocenters. The second-order valence-electron chi connectivity index (χ2n) is 8.41. The number of hydrogen-bond donors (Lipinski definition) is 1. The molecule has 8 heteroatoms. The van der Waals surface area contributed by atoms with Crippen molar-refractivity contribution < 1.29 is 14.4 Å². The van der Waals surface area contributed by atoms with Gasteiger partial charge in [0.2, 0.25) is 11.8 Å². The summed E-state index contributed by atoms with van der Waals surface area (Å²) in [6, 6.07) is 9.48. The van der Waals surface area contributed by atoms with Crippen molar-refractivity contribution in [1.29, 1.82) is 0 Å². The molecule has 1 atom stereocenters. The second kappa shape index (κ2) is 9.89. The van der Waals surface area contributed by atoms with E-state index >= 15 is 0 Å². The van der Waals surface area contributed by atoms with E-state index in [0.29, 0.717) is 43.1 Å². The highest BCUT2D eigenvalue weighted by molar-refractivity contribution is 5.94. The topological polar surface area (TPSA) is 95.5 Å². The van der Waals surface area contributed by atoms with Crippen LogP contribution in [0.25, 0.3) is 0 Å². The largest absolute Gasteiger partial charge is 0.348 e. The quantitative estimate of drug-likeness (QED) is 0.752. The van der Waals surface area contributed by atoms with Crippen molar-refractivity contribution in [3.8, 4) is 0 Å². The molecule has 3 amide bonds. The molecule has 1 N–H and O–H groups in total. The van der Waals surface area contributed by atoms with E-state index < -0.39 is 0 Å². The number of nitrogens with one attached hydrogen (secondary N) is 1. The van der Waals surface area contributed by atoms with E-state index in [9.17, 15) is 14.4 Å². The van der Waals surface area contributed by atoms with Crippen LogP contribution in [-0.4, -0.2) is 57.1 Å². The van der Waals surface area contributed by atoms with Gasteiger partial charge in [-0.05, 0) is 38.2 Å². The summed E-state index contributed by atoms with van der Waals surface area (Å²) in [5.74, 6) is 0.325. The van der Waals surface area contributed by atoms with Gasteiger partial charge >= 0.3 is 0 Å². The van der Waals surface area contributed by atoms with Gasteiger partial charge in [-0.1, -0.05) is 30.3 Å². The normalized spacial score (nSPS) is 18.7. The SMILES string of the molecule is Cc1nc([C@H]2CCCCN2C(=O)CN2CCCC2=O)ncc1C(=O)NCc1ccccc1. The van der Waals surface area contributed by atoms with Crippen molar-refractivity contribution >= 4 is 17.7 Å². The van der Waals surface area contributed by atoms with Crippen LogP contribution in [0, 0.1) is 6.92 Å².